The van der Waals surface area contributed by atoms with Crippen molar-refractivity contribution in [1.29, 1.82) is 0 Å². The number of rotatable bonds is 4. The molecule has 0 N–H and O–H groups in total. The van der Waals surface area contributed by atoms with Crippen LogP contribution < -0.4 is 4.74 Å². The molecule has 6 heteroatoms. The van der Waals surface area contributed by atoms with Crippen molar-refractivity contribution < 1.29 is 17.9 Å². The Bertz CT molecular complexity index is 477. The van der Waals surface area contributed by atoms with E-state index in [2.05, 4.69) is 0 Å². The average molecular weight is 291 g/mol. The fourth-order valence-electron chi connectivity index (χ4n) is 1.86. The summed E-state index contributed by atoms with van der Waals surface area (Å²) >= 11 is 0. The van der Waals surface area contributed by atoms with Gasteiger partial charge in [0, 0.05) is 17.3 Å². The molecule has 1 aromatic rings. The molecule has 0 saturated carbocycles. The zero-order valence-corrected chi connectivity index (χ0v) is 11.4. The van der Waals surface area contributed by atoms with Gasteiger partial charge in [-0.1, -0.05) is 12.1 Å². The molecular formula is C12H15ClO4S. The van der Waals surface area contributed by atoms with Crippen LogP contribution in [0.4, 0.5) is 0 Å². The summed E-state index contributed by atoms with van der Waals surface area (Å²) < 4.78 is 32.9. The van der Waals surface area contributed by atoms with Crippen LogP contribution >= 0.6 is 10.7 Å². The van der Waals surface area contributed by atoms with Crippen LogP contribution in [0.15, 0.2) is 24.3 Å². The highest BCUT2D eigenvalue weighted by molar-refractivity contribution is 8.13. The maximum Gasteiger partial charge on any atom is 0.236 e. The Hall–Kier alpha value is -0.780. The van der Waals surface area contributed by atoms with Crippen molar-refractivity contribution >= 4 is 19.7 Å². The summed E-state index contributed by atoms with van der Waals surface area (Å²) in [5.74, 6) is 0.558. The van der Waals surface area contributed by atoms with Crippen LogP contribution in [-0.2, 0) is 19.5 Å². The molecular weight excluding hydrogens is 276 g/mol. The summed E-state index contributed by atoms with van der Waals surface area (Å²) in [6, 6.07) is 6.93. The van der Waals surface area contributed by atoms with E-state index in [-0.39, 0.29) is 11.9 Å². The predicted octanol–water partition coefficient (Wildman–Crippen LogP) is 2.31. The van der Waals surface area contributed by atoms with Crippen LogP contribution in [0.25, 0.3) is 0 Å². The zero-order valence-electron chi connectivity index (χ0n) is 9.84. The molecule has 0 radical (unpaired) electrons. The number of halogens is 1. The van der Waals surface area contributed by atoms with E-state index in [1.54, 1.807) is 24.3 Å². The third-order valence-corrected chi connectivity index (χ3v) is 3.69. The van der Waals surface area contributed by atoms with E-state index in [9.17, 15) is 8.42 Å². The van der Waals surface area contributed by atoms with Crippen LogP contribution in [0, 0.1) is 0 Å². The SMILES string of the molecule is O=S(=O)(Cl)Cc1ccc(OC2CCCOC2)cc1. The summed E-state index contributed by atoms with van der Waals surface area (Å²) in [6.07, 6.45) is 2.08. The van der Waals surface area contributed by atoms with E-state index in [4.69, 9.17) is 20.2 Å². The first kappa shape index (κ1) is 13.6. The molecule has 1 fully saturated rings. The van der Waals surface area contributed by atoms with Gasteiger partial charge in [0.15, 0.2) is 0 Å². The second-order valence-corrected chi connectivity index (χ2v) is 7.06. The minimum absolute atomic E-state index is 0.0846. The monoisotopic (exact) mass is 290 g/mol. The van der Waals surface area contributed by atoms with Gasteiger partial charge in [-0.3, -0.25) is 0 Å². The minimum Gasteiger partial charge on any atom is -0.488 e. The molecule has 1 unspecified atom stereocenters. The van der Waals surface area contributed by atoms with Gasteiger partial charge in [0.2, 0.25) is 9.05 Å². The highest BCUT2D eigenvalue weighted by Gasteiger charge is 2.15. The molecule has 0 amide bonds. The lowest BCUT2D eigenvalue weighted by atomic mass is 10.2. The highest BCUT2D eigenvalue weighted by atomic mass is 35.7. The van der Waals surface area contributed by atoms with Crippen molar-refractivity contribution in [2.75, 3.05) is 13.2 Å². The van der Waals surface area contributed by atoms with E-state index >= 15 is 0 Å². The standard InChI is InChI=1S/C12H15ClO4S/c13-18(14,15)9-10-3-5-11(6-4-10)17-12-2-1-7-16-8-12/h3-6,12H,1-2,7-9H2. The van der Waals surface area contributed by atoms with Gasteiger partial charge in [0.25, 0.3) is 0 Å². The summed E-state index contributed by atoms with van der Waals surface area (Å²) in [7, 11) is 1.68. The summed E-state index contributed by atoms with van der Waals surface area (Å²) in [6.45, 7) is 1.41. The molecule has 100 valence electrons. The topological polar surface area (TPSA) is 52.6 Å². The Morgan fingerprint density at radius 1 is 1.33 bits per heavy atom. The lowest BCUT2D eigenvalue weighted by molar-refractivity contribution is 0.00743. The van der Waals surface area contributed by atoms with Gasteiger partial charge in [-0.2, -0.15) is 0 Å². The second-order valence-electron chi connectivity index (χ2n) is 4.28. The molecule has 0 spiro atoms. The molecule has 0 aromatic heterocycles. The molecule has 1 heterocycles. The van der Waals surface area contributed by atoms with Gasteiger partial charge < -0.3 is 9.47 Å². The summed E-state index contributed by atoms with van der Waals surface area (Å²) in [5.41, 5.74) is 0.650. The van der Waals surface area contributed by atoms with E-state index in [1.807, 2.05) is 0 Å². The van der Waals surface area contributed by atoms with Gasteiger partial charge in [0.1, 0.15) is 11.9 Å². The largest absolute Gasteiger partial charge is 0.488 e. The second kappa shape index (κ2) is 5.91. The van der Waals surface area contributed by atoms with Gasteiger partial charge in [-0.25, -0.2) is 8.42 Å². The molecule has 1 aliphatic rings. The van der Waals surface area contributed by atoms with Gasteiger partial charge in [-0.15, -0.1) is 0 Å². The van der Waals surface area contributed by atoms with Crippen molar-refractivity contribution in [3.8, 4) is 5.75 Å². The maximum absolute atomic E-state index is 10.9. The molecule has 4 nitrogen and oxygen atoms in total. The molecule has 1 saturated heterocycles. The first-order valence-electron chi connectivity index (χ1n) is 5.78. The predicted molar refractivity (Wildman–Crippen MR) is 69.4 cm³/mol. The van der Waals surface area contributed by atoms with Crippen LogP contribution in [0.5, 0.6) is 5.75 Å². The quantitative estimate of drug-likeness (QED) is 0.799. The molecule has 1 atom stereocenters. The zero-order chi connectivity index (χ0) is 13.0. The smallest absolute Gasteiger partial charge is 0.236 e. The Balaban J connectivity index is 1.94. The Labute approximate surface area is 111 Å². The van der Waals surface area contributed by atoms with Crippen molar-refractivity contribution in [3.05, 3.63) is 29.8 Å². The molecule has 0 bridgehead atoms. The van der Waals surface area contributed by atoms with E-state index in [0.29, 0.717) is 12.2 Å². The Morgan fingerprint density at radius 2 is 2.06 bits per heavy atom. The normalized spacial score (nSPS) is 20.6. The number of hydrogen-bond donors (Lipinski definition) is 0. The van der Waals surface area contributed by atoms with Gasteiger partial charge >= 0.3 is 0 Å². The fraction of sp³-hybridized carbons (Fsp3) is 0.500. The minimum atomic E-state index is -3.51. The summed E-state index contributed by atoms with van der Waals surface area (Å²) in [4.78, 5) is 0. The molecule has 1 aliphatic heterocycles. The lowest BCUT2D eigenvalue weighted by Gasteiger charge is -2.23. The van der Waals surface area contributed by atoms with Crippen LogP contribution in [0.3, 0.4) is 0 Å². The van der Waals surface area contributed by atoms with Crippen molar-refractivity contribution in [1.82, 2.24) is 0 Å². The Morgan fingerprint density at radius 3 is 2.61 bits per heavy atom. The van der Waals surface area contributed by atoms with E-state index in [0.717, 1.165) is 25.2 Å². The maximum atomic E-state index is 10.9. The van der Waals surface area contributed by atoms with Crippen LogP contribution in [-0.4, -0.2) is 27.7 Å². The van der Waals surface area contributed by atoms with Crippen molar-refractivity contribution in [2.45, 2.75) is 24.7 Å². The third-order valence-electron chi connectivity index (χ3n) is 2.68. The third kappa shape index (κ3) is 4.48. The molecule has 0 aliphatic carbocycles. The summed E-state index contributed by atoms with van der Waals surface area (Å²) in [5, 5.41) is 0. The lowest BCUT2D eigenvalue weighted by Crippen LogP contribution is -2.27. The van der Waals surface area contributed by atoms with Crippen LogP contribution in [0.1, 0.15) is 18.4 Å². The Kier molecular flexibility index (Phi) is 4.48. The number of benzene rings is 1. The van der Waals surface area contributed by atoms with Crippen LogP contribution in [0.2, 0.25) is 0 Å². The number of hydrogen-bond acceptors (Lipinski definition) is 4. The number of ether oxygens (including phenoxy) is 2. The van der Waals surface area contributed by atoms with Gasteiger partial charge in [-0.05, 0) is 30.5 Å². The molecule has 1 aromatic carbocycles. The van der Waals surface area contributed by atoms with E-state index < -0.39 is 9.05 Å². The molecule has 18 heavy (non-hydrogen) atoms. The van der Waals surface area contributed by atoms with Crippen molar-refractivity contribution in [3.63, 3.8) is 0 Å². The van der Waals surface area contributed by atoms with Crippen molar-refractivity contribution in [2.24, 2.45) is 0 Å². The average Bonchev–Trinajstić information content (AvgIpc) is 2.31. The highest BCUT2D eigenvalue weighted by Crippen LogP contribution is 2.19. The fourth-order valence-corrected chi connectivity index (χ4v) is 2.83. The molecule has 2 rings (SSSR count). The first-order chi connectivity index (χ1) is 8.53. The van der Waals surface area contributed by atoms with Gasteiger partial charge in [0.05, 0.1) is 12.4 Å². The first-order valence-corrected chi connectivity index (χ1v) is 8.26. The van der Waals surface area contributed by atoms with E-state index in [1.165, 1.54) is 0 Å².